The van der Waals surface area contributed by atoms with Crippen molar-refractivity contribution >= 4 is 6.34 Å². The molecule has 0 bridgehead atoms. The van der Waals surface area contributed by atoms with Gasteiger partial charge in [-0.3, -0.25) is 0 Å². The number of hydrazine groups is 1. The highest BCUT2D eigenvalue weighted by molar-refractivity contribution is 5.55. The van der Waals surface area contributed by atoms with Crippen LogP contribution in [0.5, 0.6) is 0 Å². The fraction of sp³-hybridized carbons (Fsp3) is 0.667. The summed E-state index contributed by atoms with van der Waals surface area (Å²) in [6.07, 6.45) is -5.10. The van der Waals surface area contributed by atoms with Crippen LogP contribution < -0.4 is 10.9 Å². The fourth-order valence-corrected chi connectivity index (χ4v) is 0.432. The van der Waals surface area contributed by atoms with E-state index >= 15 is 0 Å². The van der Waals surface area contributed by atoms with E-state index in [1.807, 2.05) is 5.43 Å². The minimum atomic E-state index is -4.29. The Morgan fingerprint density at radius 2 is 2.11 bits per heavy atom. The quantitative estimate of drug-likeness (QED) is 0.496. The molecule has 1 rings (SSSR count). The van der Waals surface area contributed by atoms with Crippen molar-refractivity contribution in [1.29, 1.82) is 0 Å². The van der Waals surface area contributed by atoms with Crippen LogP contribution in [0.25, 0.3) is 0 Å². The van der Waals surface area contributed by atoms with Crippen LogP contribution >= 0.6 is 0 Å². The second-order valence-electron chi connectivity index (χ2n) is 1.51. The van der Waals surface area contributed by atoms with Gasteiger partial charge in [-0.1, -0.05) is 0 Å². The predicted octanol–water partition coefficient (Wildman–Crippen LogP) is 0.0109. The average Bonchev–Trinajstić information content (AvgIpc) is 2.08. The molecule has 0 aliphatic carbocycles. The Morgan fingerprint density at radius 3 is 2.33 bits per heavy atom. The number of halogens is 3. The van der Waals surface area contributed by atoms with E-state index < -0.39 is 12.3 Å². The van der Waals surface area contributed by atoms with Crippen LogP contribution in [0.4, 0.5) is 13.2 Å². The summed E-state index contributed by atoms with van der Waals surface area (Å²) >= 11 is 0. The van der Waals surface area contributed by atoms with Gasteiger partial charge in [-0.2, -0.15) is 13.2 Å². The molecule has 0 saturated carbocycles. The molecule has 52 valence electrons. The molecule has 0 saturated heterocycles. The Bertz CT molecular complexity index is 129. The van der Waals surface area contributed by atoms with Gasteiger partial charge in [0.2, 0.25) is 6.17 Å². The minimum Gasteiger partial charge on any atom is -0.310 e. The van der Waals surface area contributed by atoms with Crippen molar-refractivity contribution in [3.63, 3.8) is 0 Å². The monoisotopic (exact) mass is 139 g/mol. The summed E-state index contributed by atoms with van der Waals surface area (Å²) in [4.78, 5) is 3.03. The molecule has 6 heteroatoms. The first-order valence-electron chi connectivity index (χ1n) is 2.20. The Kier molecular flexibility index (Phi) is 1.32. The first kappa shape index (κ1) is 6.34. The number of nitrogens with zero attached hydrogens (tertiary/aromatic N) is 1. The molecule has 2 N–H and O–H groups in total. The van der Waals surface area contributed by atoms with E-state index in [9.17, 15) is 13.2 Å². The summed E-state index contributed by atoms with van der Waals surface area (Å²) in [7, 11) is 0. The minimum absolute atomic E-state index is 0.970. The number of nitrogens with one attached hydrogen (secondary N) is 2. The van der Waals surface area contributed by atoms with Gasteiger partial charge in [-0.15, -0.1) is 0 Å². The lowest BCUT2D eigenvalue weighted by Gasteiger charge is -2.10. The zero-order valence-electron chi connectivity index (χ0n) is 4.24. The normalized spacial score (nSPS) is 26.3. The van der Waals surface area contributed by atoms with Gasteiger partial charge in [-0.25, -0.2) is 10.4 Å². The van der Waals surface area contributed by atoms with Gasteiger partial charge < -0.3 is 5.43 Å². The summed E-state index contributed by atoms with van der Waals surface area (Å²) in [6, 6.07) is 0. The third kappa shape index (κ3) is 1.32. The molecular formula is C3H4F3N3. The highest BCUT2D eigenvalue weighted by Crippen LogP contribution is 2.20. The summed E-state index contributed by atoms with van der Waals surface area (Å²) in [6.45, 7) is 0. The van der Waals surface area contributed by atoms with Gasteiger partial charge in [-0.05, 0) is 0 Å². The molecule has 0 aromatic heterocycles. The first-order valence-corrected chi connectivity index (χ1v) is 2.20. The smallest absolute Gasteiger partial charge is 0.310 e. The molecule has 0 radical (unpaired) electrons. The van der Waals surface area contributed by atoms with Crippen LogP contribution in [0.3, 0.4) is 0 Å². The van der Waals surface area contributed by atoms with Crippen molar-refractivity contribution in [2.45, 2.75) is 12.3 Å². The zero-order valence-corrected chi connectivity index (χ0v) is 4.24. The third-order valence-electron chi connectivity index (χ3n) is 0.818. The Morgan fingerprint density at radius 1 is 1.44 bits per heavy atom. The number of aliphatic imine (C=N–C) groups is 1. The average molecular weight is 139 g/mol. The van der Waals surface area contributed by atoms with E-state index in [2.05, 4.69) is 10.4 Å². The van der Waals surface area contributed by atoms with Crippen LogP contribution in [-0.4, -0.2) is 18.7 Å². The largest absolute Gasteiger partial charge is 0.425 e. The molecule has 1 aliphatic rings. The van der Waals surface area contributed by atoms with Crippen molar-refractivity contribution in [2.24, 2.45) is 4.99 Å². The highest BCUT2D eigenvalue weighted by Gasteiger charge is 2.40. The molecule has 0 fully saturated rings. The SMILES string of the molecule is FC(F)(F)C1N=CNN1. The zero-order chi connectivity index (χ0) is 6.91. The summed E-state index contributed by atoms with van der Waals surface area (Å²) in [5.74, 6) is 0. The van der Waals surface area contributed by atoms with E-state index in [1.165, 1.54) is 0 Å². The Hall–Kier alpha value is -0.780. The van der Waals surface area contributed by atoms with Gasteiger partial charge in [0.05, 0.1) is 6.34 Å². The van der Waals surface area contributed by atoms with Crippen LogP contribution in [0.1, 0.15) is 0 Å². The van der Waals surface area contributed by atoms with Crippen LogP contribution in [0.15, 0.2) is 4.99 Å². The summed E-state index contributed by atoms with van der Waals surface area (Å²) in [5.41, 5.74) is 4.02. The van der Waals surface area contributed by atoms with Crippen LogP contribution in [0.2, 0.25) is 0 Å². The van der Waals surface area contributed by atoms with E-state index in [1.54, 1.807) is 0 Å². The predicted molar refractivity (Wildman–Crippen MR) is 24.6 cm³/mol. The molecule has 1 unspecified atom stereocenters. The molecule has 0 spiro atoms. The van der Waals surface area contributed by atoms with Crippen molar-refractivity contribution in [3.05, 3.63) is 0 Å². The second kappa shape index (κ2) is 1.87. The first-order chi connectivity index (χ1) is 4.11. The maximum Gasteiger partial charge on any atom is 0.425 e. The van der Waals surface area contributed by atoms with Crippen molar-refractivity contribution in [1.82, 2.24) is 10.9 Å². The molecule has 0 amide bonds. The summed E-state index contributed by atoms with van der Waals surface area (Å²) in [5, 5.41) is 0. The molecule has 3 nitrogen and oxygen atoms in total. The number of hydrogen-bond donors (Lipinski definition) is 2. The topological polar surface area (TPSA) is 36.4 Å². The van der Waals surface area contributed by atoms with Gasteiger partial charge in [0.1, 0.15) is 0 Å². The molecule has 1 aliphatic heterocycles. The summed E-state index contributed by atoms with van der Waals surface area (Å²) < 4.78 is 34.6. The van der Waals surface area contributed by atoms with E-state index in [-0.39, 0.29) is 0 Å². The van der Waals surface area contributed by atoms with Crippen molar-refractivity contribution < 1.29 is 13.2 Å². The van der Waals surface area contributed by atoms with Crippen LogP contribution in [-0.2, 0) is 0 Å². The molecule has 1 heterocycles. The lowest BCUT2D eigenvalue weighted by molar-refractivity contribution is -0.152. The van der Waals surface area contributed by atoms with Gasteiger partial charge in [0, 0.05) is 0 Å². The molecule has 0 aromatic carbocycles. The lowest BCUT2D eigenvalue weighted by Crippen LogP contribution is -2.41. The van der Waals surface area contributed by atoms with Crippen molar-refractivity contribution in [2.75, 3.05) is 0 Å². The second-order valence-corrected chi connectivity index (χ2v) is 1.51. The van der Waals surface area contributed by atoms with Crippen LogP contribution in [0, 0.1) is 0 Å². The maximum atomic E-state index is 11.5. The van der Waals surface area contributed by atoms with Gasteiger partial charge >= 0.3 is 6.18 Å². The highest BCUT2D eigenvalue weighted by atomic mass is 19.4. The van der Waals surface area contributed by atoms with Crippen molar-refractivity contribution in [3.8, 4) is 0 Å². The molecular weight excluding hydrogens is 135 g/mol. The Balaban J connectivity index is 2.53. The van der Waals surface area contributed by atoms with E-state index in [0.29, 0.717) is 0 Å². The third-order valence-corrected chi connectivity index (χ3v) is 0.818. The fourth-order valence-electron chi connectivity index (χ4n) is 0.432. The van der Waals surface area contributed by atoms with Gasteiger partial charge in [0.25, 0.3) is 0 Å². The number of rotatable bonds is 0. The maximum absolute atomic E-state index is 11.5. The lowest BCUT2D eigenvalue weighted by atomic mass is 10.5. The number of alkyl halides is 3. The molecule has 9 heavy (non-hydrogen) atoms. The number of hydrogen-bond acceptors (Lipinski definition) is 3. The molecule has 0 aromatic rings. The van der Waals surface area contributed by atoms with E-state index in [4.69, 9.17) is 0 Å². The molecule has 1 atom stereocenters. The van der Waals surface area contributed by atoms with Gasteiger partial charge in [0.15, 0.2) is 0 Å². The Labute approximate surface area is 48.9 Å². The standard InChI is InChI=1S/C3H4F3N3/c4-3(5,6)2-7-1-8-9-2/h1-2,9H,(H,7,8). The van der Waals surface area contributed by atoms with E-state index in [0.717, 1.165) is 6.34 Å².